The molecule has 0 fully saturated rings. The predicted octanol–water partition coefficient (Wildman–Crippen LogP) is 3.82. The van der Waals surface area contributed by atoms with Crippen molar-refractivity contribution in [3.05, 3.63) is 84.6 Å². The van der Waals surface area contributed by atoms with Crippen LogP contribution in [0.15, 0.2) is 79.0 Å². The summed E-state index contributed by atoms with van der Waals surface area (Å²) in [6.45, 7) is 1.14. The van der Waals surface area contributed by atoms with Gasteiger partial charge in [-0.3, -0.25) is 0 Å². The molecule has 5 heterocycles. The second-order valence-electron chi connectivity index (χ2n) is 8.06. The average molecular weight is 356 g/mol. The van der Waals surface area contributed by atoms with Crippen molar-refractivity contribution in [3.8, 4) is 11.3 Å². The number of rotatable bonds is 0. The van der Waals surface area contributed by atoms with Crippen molar-refractivity contribution in [2.45, 2.75) is 6.54 Å². The first kappa shape index (κ1) is 13.6. The van der Waals surface area contributed by atoms with E-state index in [-0.39, 0.29) is 6.98 Å². The predicted molar refractivity (Wildman–Crippen MR) is 114 cm³/mol. The molecule has 0 spiro atoms. The summed E-state index contributed by atoms with van der Waals surface area (Å²) in [6.07, 6.45) is 2.23. The summed E-state index contributed by atoms with van der Waals surface area (Å²) >= 11 is 0. The first-order valence-corrected chi connectivity index (χ1v) is 9.87. The Hall–Kier alpha value is -3.53. The molecule has 0 unspecified atom stereocenters. The molecule has 3 nitrogen and oxygen atoms in total. The number of para-hydroxylation sites is 2. The Kier molecular flexibility index (Phi) is 2.09. The molecule has 0 bridgehead atoms. The third kappa shape index (κ3) is 1.29. The standard InChI is InChI=1S/C24H15BN3/c1-2-10-19-16(7-1)17-8-4-12-21-23(17)28(19)25-18-9-5-13-26-14-15-6-3-11-20(27(21)25)22(15)24(18)26/h1-13H,14H2/q+1. The maximum atomic E-state index is 2.56. The highest BCUT2D eigenvalue weighted by Crippen LogP contribution is 2.49. The van der Waals surface area contributed by atoms with Crippen LogP contribution < -0.4 is 14.8 Å². The Labute approximate surface area is 162 Å². The fraction of sp³-hybridized carbons (Fsp3) is 0.0417. The molecule has 0 saturated heterocycles. The highest BCUT2D eigenvalue weighted by molar-refractivity contribution is 6.82. The van der Waals surface area contributed by atoms with Crippen LogP contribution in [-0.4, -0.2) is 11.5 Å². The number of anilines is 2. The first-order chi connectivity index (χ1) is 13.9. The molecular weight excluding hydrogens is 341 g/mol. The Morgan fingerprint density at radius 1 is 0.786 bits per heavy atom. The lowest BCUT2D eigenvalue weighted by molar-refractivity contribution is -0.671. The third-order valence-corrected chi connectivity index (χ3v) is 6.80. The number of hydrogen-bond donors (Lipinski definition) is 0. The quantitative estimate of drug-likeness (QED) is 0.298. The van der Waals surface area contributed by atoms with Gasteiger partial charge in [0.25, 0.3) is 0 Å². The highest BCUT2D eigenvalue weighted by atomic mass is 15.2. The van der Waals surface area contributed by atoms with E-state index < -0.39 is 0 Å². The molecule has 0 atom stereocenters. The van der Waals surface area contributed by atoms with Crippen LogP contribution in [0.3, 0.4) is 0 Å². The van der Waals surface area contributed by atoms with Gasteiger partial charge in [-0.2, -0.15) is 4.57 Å². The van der Waals surface area contributed by atoms with E-state index in [0.29, 0.717) is 0 Å². The van der Waals surface area contributed by atoms with Crippen LogP contribution in [0, 0.1) is 0 Å². The lowest BCUT2D eigenvalue weighted by Crippen LogP contribution is -2.54. The van der Waals surface area contributed by atoms with E-state index in [1.54, 1.807) is 0 Å². The number of nitrogens with zero attached hydrogens (tertiary/aromatic N) is 3. The van der Waals surface area contributed by atoms with Gasteiger partial charge in [0.1, 0.15) is 0 Å². The molecule has 4 heteroatoms. The van der Waals surface area contributed by atoms with Crippen LogP contribution in [0.2, 0.25) is 0 Å². The van der Waals surface area contributed by atoms with Crippen molar-refractivity contribution in [1.29, 1.82) is 0 Å². The zero-order valence-corrected chi connectivity index (χ0v) is 15.1. The number of pyridine rings is 1. The summed E-state index contributed by atoms with van der Waals surface area (Å²) in [5, 5.41) is 2.70. The number of hydrogen-bond acceptors (Lipinski definition) is 1. The minimum absolute atomic E-state index is 0.170. The van der Waals surface area contributed by atoms with E-state index in [1.807, 2.05) is 0 Å². The largest absolute Gasteiger partial charge is 0.427 e. The maximum absolute atomic E-state index is 2.56. The molecule has 3 aliphatic rings. The summed E-state index contributed by atoms with van der Waals surface area (Å²) in [5.41, 5.74) is 11.0. The van der Waals surface area contributed by atoms with Crippen LogP contribution in [0.4, 0.5) is 11.4 Å². The second-order valence-corrected chi connectivity index (χ2v) is 8.06. The molecular formula is C24H15BN3+. The fourth-order valence-corrected chi connectivity index (χ4v) is 5.84. The van der Waals surface area contributed by atoms with E-state index >= 15 is 0 Å². The number of aromatic nitrogens is 2. The van der Waals surface area contributed by atoms with Gasteiger partial charge < -0.3 is 9.29 Å². The molecule has 2 aromatic heterocycles. The molecule has 5 aromatic rings. The van der Waals surface area contributed by atoms with Crippen molar-refractivity contribution >= 4 is 45.6 Å². The SMILES string of the molecule is c1cc2c3c(c1)N1B(c4ccc[n+](c4-3)C2)n2c3ccccc3c3cccc1c32. The molecule has 8 rings (SSSR count). The summed E-state index contributed by atoms with van der Waals surface area (Å²) in [6, 6.07) is 26.9. The molecule has 28 heavy (non-hydrogen) atoms. The van der Waals surface area contributed by atoms with E-state index in [9.17, 15) is 0 Å². The zero-order chi connectivity index (χ0) is 18.0. The first-order valence-electron chi connectivity index (χ1n) is 9.87. The third-order valence-electron chi connectivity index (χ3n) is 6.80. The van der Waals surface area contributed by atoms with Gasteiger partial charge in [-0.1, -0.05) is 48.5 Å². The molecule has 0 aliphatic carbocycles. The lowest BCUT2D eigenvalue weighted by Gasteiger charge is -2.31. The van der Waals surface area contributed by atoms with Crippen LogP contribution in [0.5, 0.6) is 0 Å². The van der Waals surface area contributed by atoms with Gasteiger partial charge in [0.2, 0.25) is 5.69 Å². The molecule has 3 aliphatic heterocycles. The minimum atomic E-state index is 0.170. The molecule has 0 saturated carbocycles. The van der Waals surface area contributed by atoms with Gasteiger partial charge in [-0.15, -0.1) is 0 Å². The fourth-order valence-electron chi connectivity index (χ4n) is 5.84. The van der Waals surface area contributed by atoms with Crippen LogP contribution in [0.25, 0.3) is 33.1 Å². The van der Waals surface area contributed by atoms with Gasteiger partial charge in [0, 0.05) is 39.1 Å². The molecule has 0 amide bonds. The summed E-state index contributed by atoms with van der Waals surface area (Å²) < 4.78 is 4.98. The zero-order valence-electron chi connectivity index (χ0n) is 15.1. The topological polar surface area (TPSA) is 12.1 Å². The monoisotopic (exact) mass is 356 g/mol. The van der Waals surface area contributed by atoms with Gasteiger partial charge in [-0.25, -0.2) is 0 Å². The van der Waals surface area contributed by atoms with E-state index in [4.69, 9.17) is 0 Å². The average Bonchev–Trinajstić information content (AvgIpc) is 3.40. The van der Waals surface area contributed by atoms with Crippen molar-refractivity contribution in [2.24, 2.45) is 0 Å². The molecule has 128 valence electrons. The van der Waals surface area contributed by atoms with E-state index in [1.165, 1.54) is 55.5 Å². The maximum Gasteiger partial charge on any atom is 0.427 e. The summed E-state index contributed by atoms with van der Waals surface area (Å²) in [7, 11) is 0. The number of fused-ring (bicyclic) bond motifs is 8. The lowest BCUT2D eigenvalue weighted by atomic mass is 9.61. The summed E-state index contributed by atoms with van der Waals surface area (Å²) in [5.74, 6) is 0. The molecule has 0 radical (unpaired) electrons. The Balaban J connectivity index is 1.62. The molecule has 0 N–H and O–H groups in total. The van der Waals surface area contributed by atoms with Crippen LogP contribution in [0.1, 0.15) is 5.56 Å². The van der Waals surface area contributed by atoms with Crippen molar-refractivity contribution in [1.82, 2.24) is 4.48 Å². The van der Waals surface area contributed by atoms with Gasteiger partial charge in [0.15, 0.2) is 12.7 Å². The smallest absolute Gasteiger partial charge is 0.359 e. The Morgan fingerprint density at radius 2 is 1.64 bits per heavy atom. The van der Waals surface area contributed by atoms with Crippen molar-refractivity contribution in [2.75, 3.05) is 4.81 Å². The normalized spacial score (nSPS) is 14.9. The molecule has 3 aromatic carbocycles. The summed E-state index contributed by atoms with van der Waals surface area (Å²) in [4.78, 5) is 2.56. The minimum Gasteiger partial charge on any atom is -0.359 e. The van der Waals surface area contributed by atoms with Crippen LogP contribution >= 0.6 is 0 Å². The van der Waals surface area contributed by atoms with Gasteiger partial charge in [-0.05, 0) is 18.2 Å². The van der Waals surface area contributed by atoms with E-state index in [0.717, 1.165) is 6.54 Å². The second kappa shape index (κ2) is 4.31. The van der Waals surface area contributed by atoms with Gasteiger partial charge in [0.05, 0.1) is 16.8 Å². The van der Waals surface area contributed by atoms with Gasteiger partial charge >= 0.3 is 6.98 Å². The Bertz CT molecular complexity index is 1510. The Morgan fingerprint density at radius 3 is 2.64 bits per heavy atom. The van der Waals surface area contributed by atoms with Crippen molar-refractivity contribution in [3.63, 3.8) is 0 Å². The number of benzene rings is 3. The highest BCUT2D eigenvalue weighted by Gasteiger charge is 2.50. The van der Waals surface area contributed by atoms with Crippen molar-refractivity contribution < 1.29 is 4.57 Å². The van der Waals surface area contributed by atoms with E-state index in [2.05, 4.69) is 92.8 Å². The van der Waals surface area contributed by atoms with Crippen LogP contribution in [-0.2, 0) is 6.54 Å².